The van der Waals surface area contributed by atoms with Gasteiger partial charge in [0.15, 0.2) is 0 Å². The van der Waals surface area contributed by atoms with Crippen LogP contribution in [0.3, 0.4) is 0 Å². The van der Waals surface area contributed by atoms with E-state index < -0.39 is 0 Å². The van der Waals surface area contributed by atoms with Crippen molar-refractivity contribution >= 4 is 43.9 Å². The monoisotopic (exact) mass is 388 g/mol. The van der Waals surface area contributed by atoms with Crippen LogP contribution < -0.4 is 0 Å². The van der Waals surface area contributed by atoms with Crippen LogP contribution in [0.15, 0.2) is 90.0 Å². The summed E-state index contributed by atoms with van der Waals surface area (Å²) in [7, 11) is 0. The van der Waals surface area contributed by atoms with E-state index in [1.54, 1.807) is 11.9 Å². The average Bonchev–Trinajstić information content (AvgIpc) is 3.24. The number of amides is 1. The average molecular weight is 388 g/mol. The van der Waals surface area contributed by atoms with Crippen LogP contribution in [0.5, 0.6) is 0 Å². The van der Waals surface area contributed by atoms with Crippen molar-refractivity contribution in [2.24, 2.45) is 5.10 Å². The SMILES string of the molecule is CC(=O)N1N=C(c2ccccc2)CC1c1ccc2ccc3cccc4ccc1c2c34. The highest BCUT2D eigenvalue weighted by molar-refractivity contribution is 6.23. The van der Waals surface area contributed by atoms with Crippen molar-refractivity contribution in [1.29, 1.82) is 0 Å². The van der Waals surface area contributed by atoms with Gasteiger partial charge in [0.25, 0.3) is 0 Å². The molecule has 0 bridgehead atoms. The first-order valence-corrected chi connectivity index (χ1v) is 10.3. The van der Waals surface area contributed by atoms with Crippen molar-refractivity contribution in [3.8, 4) is 0 Å². The highest BCUT2D eigenvalue weighted by atomic mass is 16.2. The van der Waals surface area contributed by atoms with E-state index in [0.29, 0.717) is 6.42 Å². The topological polar surface area (TPSA) is 32.7 Å². The zero-order chi connectivity index (χ0) is 20.2. The molecule has 5 aromatic rings. The third-order valence-electron chi connectivity index (χ3n) is 6.26. The molecule has 0 saturated heterocycles. The van der Waals surface area contributed by atoms with Crippen LogP contribution in [-0.2, 0) is 4.79 Å². The van der Waals surface area contributed by atoms with Crippen LogP contribution >= 0.6 is 0 Å². The molecule has 5 aromatic carbocycles. The number of hydrazone groups is 1. The lowest BCUT2D eigenvalue weighted by atomic mass is 9.88. The molecule has 1 unspecified atom stereocenters. The van der Waals surface area contributed by atoms with Gasteiger partial charge in [-0.25, -0.2) is 5.01 Å². The molecule has 1 amide bonds. The molecule has 6 rings (SSSR count). The molecule has 0 radical (unpaired) electrons. The second kappa shape index (κ2) is 6.39. The molecule has 0 fully saturated rings. The van der Waals surface area contributed by atoms with Crippen LogP contribution in [0.4, 0.5) is 0 Å². The van der Waals surface area contributed by atoms with Crippen LogP contribution in [-0.4, -0.2) is 16.6 Å². The molecular formula is C27H20N2O. The normalized spacial score (nSPS) is 16.6. The van der Waals surface area contributed by atoms with Gasteiger partial charge in [-0.05, 0) is 43.4 Å². The summed E-state index contributed by atoms with van der Waals surface area (Å²) in [5.74, 6) is -0.0309. The first-order valence-electron chi connectivity index (χ1n) is 10.3. The van der Waals surface area contributed by atoms with Gasteiger partial charge in [0.2, 0.25) is 5.91 Å². The Bertz CT molecular complexity index is 1440. The Morgan fingerprint density at radius 1 is 0.800 bits per heavy atom. The zero-order valence-corrected chi connectivity index (χ0v) is 16.7. The largest absolute Gasteiger partial charge is 0.273 e. The Morgan fingerprint density at radius 3 is 2.20 bits per heavy atom. The lowest BCUT2D eigenvalue weighted by molar-refractivity contribution is -0.130. The van der Waals surface area contributed by atoms with Gasteiger partial charge in [-0.1, -0.05) is 84.9 Å². The van der Waals surface area contributed by atoms with E-state index in [4.69, 9.17) is 5.10 Å². The highest BCUT2D eigenvalue weighted by Gasteiger charge is 2.32. The molecule has 0 aromatic heterocycles. The molecule has 0 spiro atoms. The number of benzene rings is 5. The van der Waals surface area contributed by atoms with Gasteiger partial charge in [-0.3, -0.25) is 4.79 Å². The van der Waals surface area contributed by atoms with Crippen molar-refractivity contribution in [3.63, 3.8) is 0 Å². The smallest absolute Gasteiger partial charge is 0.240 e. The van der Waals surface area contributed by atoms with E-state index in [0.717, 1.165) is 16.8 Å². The maximum absolute atomic E-state index is 12.5. The third kappa shape index (κ3) is 2.45. The molecule has 0 saturated carbocycles. The second-order valence-electron chi connectivity index (χ2n) is 8.01. The lowest BCUT2D eigenvalue weighted by Crippen LogP contribution is -2.24. The molecule has 30 heavy (non-hydrogen) atoms. The Hall–Kier alpha value is -3.72. The predicted octanol–water partition coefficient (Wildman–Crippen LogP) is 6.28. The molecule has 0 N–H and O–H groups in total. The third-order valence-corrected chi connectivity index (χ3v) is 6.26. The number of hydrogen-bond acceptors (Lipinski definition) is 2. The summed E-state index contributed by atoms with van der Waals surface area (Å²) in [5.41, 5.74) is 3.19. The van der Waals surface area contributed by atoms with E-state index in [1.807, 2.05) is 18.2 Å². The van der Waals surface area contributed by atoms with Crippen LogP contribution in [0.1, 0.15) is 30.5 Å². The minimum Gasteiger partial charge on any atom is -0.273 e. The molecule has 1 aliphatic rings. The first-order chi connectivity index (χ1) is 14.7. The fourth-order valence-electron chi connectivity index (χ4n) is 4.90. The fraction of sp³-hybridized carbons (Fsp3) is 0.111. The quantitative estimate of drug-likeness (QED) is 0.328. The number of carbonyl (C=O) groups is 1. The number of carbonyl (C=O) groups excluding carboxylic acids is 1. The predicted molar refractivity (Wildman–Crippen MR) is 123 cm³/mol. The Labute approximate surface area is 174 Å². The number of hydrogen-bond donors (Lipinski definition) is 0. The minimum absolute atomic E-state index is 0.0309. The van der Waals surface area contributed by atoms with E-state index in [1.165, 1.54) is 32.3 Å². The van der Waals surface area contributed by atoms with Crippen molar-refractivity contribution < 1.29 is 4.79 Å². The summed E-state index contributed by atoms with van der Waals surface area (Å²) in [6, 6.07) is 29.6. The molecular weight excluding hydrogens is 368 g/mol. The molecule has 1 aliphatic heterocycles. The van der Waals surface area contributed by atoms with Crippen molar-refractivity contribution in [1.82, 2.24) is 5.01 Å². The minimum atomic E-state index is -0.0951. The summed E-state index contributed by atoms with van der Waals surface area (Å²) < 4.78 is 0. The van der Waals surface area contributed by atoms with E-state index >= 15 is 0 Å². The number of rotatable bonds is 2. The summed E-state index contributed by atoms with van der Waals surface area (Å²) >= 11 is 0. The second-order valence-corrected chi connectivity index (χ2v) is 8.01. The highest BCUT2D eigenvalue weighted by Crippen LogP contribution is 2.41. The van der Waals surface area contributed by atoms with Crippen LogP contribution in [0, 0.1) is 0 Å². The molecule has 144 valence electrons. The van der Waals surface area contributed by atoms with E-state index in [9.17, 15) is 4.79 Å². The number of nitrogens with zero attached hydrogens (tertiary/aromatic N) is 2. The maximum atomic E-state index is 12.5. The van der Waals surface area contributed by atoms with Gasteiger partial charge >= 0.3 is 0 Å². The van der Waals surface area contributed by atoms with E-state index in [2.05, 4.69) is 66.7 Å². The van der Waals surface area contributed by atoms with Crippen LogP contribution in [0.2, 0.25) is 0 Å². The van der Waals surface area contributed by atoms with Gasteiger partial charge in [0.05, 0.1) is 11.8 Å². The Morgan fingerprint density at radius 2 is 1.47 bits per heavy atom. The summed E-state index contributed by atoms with van der Waals surface area (Å²) in [6.45, 7) is 1.60. The molecule has 1 atom stereocenters. The van der Waals surface area contributed by atoms with Gasteiger partial charge in [0, 0.05) is 13.3 Å². The zero-order valence-electron chi connectivity index (χ0n) is 16.7. The lowest BCUT2D eigenvalue weighted by Gasteiger charge is -2.23. The Kier molecular flexibility index (Phi) is 3.66. The van der Waals surface area contributed by atoms with Gasteiger partial charge < -0.3 is 0 Å². The van der Waals surface area contributed by atoms with Crippen molar-refractivity contribution in [3.05, 3.63) is 96.1 Å². The maximum Gasteiger partial charge on any atom is 0.240 e. The van der Waals surface area contributed by atoms with Crippen molar-refractivity contribution in [2.45, 2.75) is 19.4 Å². The summed E-state index contributed by atoms with van der Waals surface area (Å²) in [4.78, 5) is 12.5. The first kappa shape index (κ1) is 17.2. The molecule has 3 nitrogen and oxygen atoms in total. The van der Waals surface area contributed by atoms with Gasteiger partial charge in [0.1, 0.15) is 0 Å². The van der Waals surface area contributed by atoms with Gasteiger partial charge in [-0.2, -0.15) is 5.10 Å². The molecule has 0 aliphatic carbocycles. The van der Waals surface area contributed by atoms with Crippen molar-refractivity contribution in [2.75, 3.05) is 0 Å². The Balaban J connectivity index is 1.56. The molecule has 1 heterocycles. The van der Waals surface area contributed by atoms with Crippen LogP contribution in [0.25, 0.3) is 32.3 Å². The summed E-state index contributed by atoms with van der Waals surface area (Å²) in [6.07, 6.45) is 0.716. The van der Waals surface area contributed by atoms with E-state index in [-0.39, 0.29) is 11.9 Å². The summed E-state index contributed by atoms with van der Waals surface area (Å²) in [5, 5.41) is 13.9. The van der Waals surface area contributed by atoms with Gasteiger partial charge in [-0.15, -0.1) is 0 Å². The standard InChI is InChI=1S/C27H20N2O/c1-17(30)29-25(16-24(28-29)18-6-3-2-4-7-18)22-14-12-21-11-10-19-8-5-9-20-13-15-23(22)27(21)26(19)20/h2-15,25H,16H2,1H3. The molecule has 3 heteroatoms. The fourth-order valence-corrected chi connectivity index (χ4v) is 4.90.